The molecule has 1 aliphatic heterocycles. The Morgan fingerprint density at radius 2 is 2.08 bits per heavy atom. The van der Waals surface area contributed by atoms with E-state index in [0.717, 1.165) is 25.9 Å². The Morgan fingerprint density at radius 1 is 1.42 bits per heavy atom. The average Bonchev–Trinajstić information content (AvgIpc) is 3.02. The van der Waals surface area contributed by atoms with Gasteiger partial charge in [-0.1, -0.05) is 6.07 Å². The molecule has 5 nitrogen and oxygen atoms in total. The number of thiophene rings is 1. The molecule has 1 unspecified atom stereocenters. The number of likely N-dealkylation sites (N-methyl/N-ethyl adjacent to an activating group) is 1. The van der Waals surface area contributed by atoms with Gasteiger partial charge in [-0.3, -0.25) is 4.79 Å². The molecule has 1 aromatic heterocycles. The molecule has 1 fully saturated rings. The summed E-state index contributed by atoms with van der Waals surface area (Å²) in [6, 6.07) is 4.39. The van der Waals surface area contributed by atoms with Crippen LogP contribution < -0.4 is 10.6 Å². The van der Waals surface area contributed by atoms with Crippen molar-refractivity contribution in [1.82, 2.24) is 15.5 Å². The summed E-state index contributed by atoms with van der Waals surface area (Å²) in [5.41, 5.74) is -0.383. The summed E-state index contributed by atoms with van der Waals surface area (Å²) < 4.78 is 5.34. The van der Waals surface area contributed by atoms with Gasteiger partial charge in [-0.05, 0) is 51.5 Å². The van der Waals surface area contributed by atoms with Crippen LogP contribution in [0.3, 0.4) is 0 Å². The van der Waals surface area contributed by atoms with Crippen molar-refractivity contribution in [2.75, 3.05) is 47.4 Å². The summed E-state index contributed by atoms with van der Waals surface area (Å²) in [5.74, 6) is 0.124. The van der Waals surface area contributed by atoms with Crippen LogP contribution in [0.25, 0.3) is 0 Å². The van der Waals surface area contributed by atoms with Crippen LogP contribution in [0.5, 0.6) is 0 Å². The Morgan fingerprint density at radius 3 is 2.58 bits per heavy atom. The second kappa shape index (κ2) is 11.3. The van der Waals surface area contributed by atoms with Crippen molar-refractivity contribution in [3.8, 4) is 0 Å². The number of rotatable bonds is 7. The molecule has 1 amide bonds. The molecule has 0 spiro atoms. The van der Waals surface area contributed by atoms with Crippen molar-refractivity contribution in [3.05, 3.63) is 22.4 Å². The molecule has 8 heteroatoms. The largest absolute Gasteiger partial charge is 0.384 e. The average molecular weight is 398 g/mol. The normalized spacial score (nSPS) is 17.5. The first-order valence-electron chi connectivity index (χ1n) is 7.77. The predicted octanol–water partition coefficient (Wildman–Crippen LogP) is 2.33. The first-order chi connectivity index (χ1) is 10.6. The minimum Gasteiger partial charge on any atom is -0.384 e. The zero-order valence-corrected chi connectivity index (χ0v) is 17.0. The number of amides is 1. The molecule has 0 aromatic carbocycles. The number of ether oxygens (including phenoxy) is 1. The summed E-state index contributed by atoms with van der Waals surface area (Å²) in [7, 11) is 5.77. The minimum atomic E-state index is -0.383. The van der Waals surface area contributed by atoms with Crippen molar-refractivity contribution < 1.29 is 9.53 Å². The van der Waals surface area contributed by atoms with E-state index in [1.807, 2.05) is 14.1 Å². The molecule has 2 heterocycles. The standard InChI is InChI=1S/C16H27N3O2S.2ClH/c1-19(2)13(14-5-4-10-22-14)11-18-15(20)16(12-21-3)6-8-17-9-7-16;;/h4-5,10,13,17H,6-9,11-12H2,1-3H3,(H,18,20);2*1H. The smallest absolute Gasteiger partial charge is 0.228 e. The number of hydrogen-bond acceptors (Lipinski definition) is 5. The van der Waals surface area contributed by atoms with E-state index in [0.29, 0.717) is 13.2 Å². The van der Waals surface area contributed by atoms with Crippen molar-refractivity contribution in [2.24, 2.45) is 5.41 Å². The molecule has 140 valence electrons. The van der Waals surface area contributed by atoms with E-state index in [2.05, 4.69) is 33.0 Å². The number of carbonyl (C=O) groups excluding carboxylic acids is 1. The van der Waals surface area contributed by atoms with Crippen LogP contribution in [0.2, 0.25) is 0 Å². The number of methoxy groups -OCH3 is 1. The van der Waals surface area contributed by atoms with Gasteiger partial charge in [0, 0.05) is 18.5 Å². The van der Waals surface area contributed by atoms with Crippen molar-refractivity contribution in [2.45, 2.75) is 18.9 Å². The van der Waals surface area contributed by atoms with E-state index in [9.17, 15) is 4.79 Å². The van der Waals surface area contributed by atoms with Crippen LogP contribution in [-0.4, -0.2) is 58.3 Å². The third-order valence-corrected chi connectivity index (χ3v) is 5.39. The second-order valence-corrected chi connectivity index (χ2v) is 7.15. The number of nitrogens with one attached hydrogen (secondary N) is 2. The van der Waals surface area contributed by atoms with Crippen molar-refractivity contribution >= 4 is 42.1 Å². The zero-order chi connectivity index (χ0) is 16.0. The van der Waals surface area contributed by atoms with Crippen LogP contribution in [0.1, 0.15) is 23.8 Å². The topological polar surface area (TPSA) is 53.6 Å². The van der Waals surface area contributed by atoms with Gasteiger partial charge >= 0.3 is 0 Å². The molecular formula is C16H29Cl2N3O2S. The first kappa shape index (κ1) is 23.6. The molecule has 24 heavy (non-hydrogen) atoms. The van der Waals surface area contributed by atoms with Crippen LogP contribution in [0, 0.1) is 5.41 Å². The first-order valence-corrected chi connectivity index (χ1v) is 8.65. The summed E-state index contributed by atoms with van der Waals surface area (Å²) in [6.07, 6.45) is 1.66. The summed E-state index contributed by atoms with van der Waals surface area (Å²) in [6.45, 7) is 2.87. The molecule has 2 N–H and O–H groups in total. The number of carbonyl (C=O) groups is 1. The van der Waals surface area contributed by atoms with Gasteiger partial charge in [0.15, 0.2) is 0 Å². The monoisotopic (exact) mass is 397 g/mol. The Balaban J connectivity index is 0.00000264. The maximum absolute atomic E-state index is 12.8. The lowest BCUT2D eigenvalue weighted by Gasteiger charge is -2.36. The van der Waals surface area contributed by atoms with Gasteiger partial charge < -0.3 is 20.3 Å². The molecule has 0 aliphatic carbocycles. The third-order valence-electron chi connectivity index (χ3n) is 4.41. The molecular weight excluding hydrogens is 369 g/mol. The fourth-order valence-corrected chi connectivity index (χ4v) is 3.94. The second-order valence-electron chi connectivity index (χ2n) is 6.17. The highest BCUT2D eigenvalue weighted by Gasteiger charge is 2.39. The van der Waals surface area contributed by atoms with Crippen LogP contribution in [-0.2, 0) is 9.53 Å². The summed E-state index contributed by atoms with van der Waals surface area (Å²) >= 11 is 1.73. The van der Waals surface area contributed by atoms with Crippen LogP contribution in [0.15, 0.2) is 17.5 Å². The molecule has 2 rings (SSSR count). The van der Waals surface area contributed by atoms with Gasteiger partial charge in [0.25, 0.3) is 0 Å². The molecule has 1 saturated heterocycles. The molecule has 1 aliphatic rings. The molecule has 0 radical (unpaired) electrons. The number of nitrogens with zero attached hydrogens (tertiary/aromatic N) is 1. The van der Waals surface area contributed by atoms with E-state index in [1.54, 1.807) is 18.4 Å². The fraction of sp³-hybridized carbons (Fsp3) is 0.688. The highest BCUT2D eigenvalue weighted by Crippen LogP contribution is 2.30. The summed E-state index contributed by atoms with van der Waals surface area (Å²) in [5, 5.41) is 8.56. The maximum Gasteiger partial charge on any atom is 0.228 e. The minimum absolute atomic E-state index is 0. The maximum atomic E-state index is 12.8. The number of halogens is 2. The Kier molecular flexibility index (Phi) is 11.1. The lowest BCUT2D eigenvalue weighted by molar-refractivity contribution is -0.136. The number of piperidine rings is 1. The van der Waals surface area contributed by atoms with Crippen molar-refractivity contribution in [1.29, 1.82) is 0 Å². The van der Waals surface area contributed by atoms with E-state index < -0.39 is 0 Å². The van der Waals surface area contributed by atoms with Gasteiger partial charge in [-0.15, -0.1) is 36.2 Å². The summed E-state index contributed by atoms with van der Waals surface area (Å²) in [4.78, 5) is 16.2. The molecule has 1 atom stereocenters. The van der Waals surface area contributed by atoms with E-state index >= 15 is 0 Å². The highest BCUT2D eigenvalue weighted by atomic mass is 35.5. The lowest BCUT2D eigenvalue weighted by Crippen LogP contribution is -2.51. The van der Waals surface area contributed by atoms with E-state index in [1.165, 1.54) is 4.88 Å². The van der Waals surface area contributed by atoms with E-state index in [4.69, 9.17) is 4.74 Å². The van der Waals surface area contributed by atoms with Gasteiger partial charge in [-0.2, -0.15) is 0 Å². The highest BCUT2D eigenvalue weighted by molar-refractivity contribution is 7.10. The van der Waals surface area contributed by atoms with Crippen LogP contribution in [0.4, 0.5) is 0 Å². The predicted molar refractivity (Wildman–Crippen MR) is 105 cm³/mol. The van der Waals surface area contributed by atoms with Gasteiger partial charge in [0.1, 0.15) is 0 Å². The van der Waals surface area contributed by atoms with Gasteiger partial charge in [-0.25, -0.2) is 0 Å². The van der Waals surface area contributed by atoms with Crippen LogP contribution >= 0.6 is 36.2 Å². The SMILES string of the molecule is COCC1(C(=O)NCC(c2cccs2)N(C)C)CCNCC1.Cl.Cl. The molecule has 0 bridgehead atoms. The van der Waals surface area contributed by atoms with E-state index in [-0.39, 0.29) is 42.2 Å². The Bertz CT molecular complexity index is 460. The van der Waals surface area contributed by atoms with Gasteiger partial charge in [0.2, 0.25) is 5.91 Å². The quantitative estimate of drug-likeness (QED) is 0.740. The third kappa shape index (κ3) is 5.86. The Hall–Kier alpha value is -0.370. The molecule has 1 aromatic rings. The van der Waals surface area contributed by atoms with Crippen molar-refractivity contribution in [3.63, 3.8) is 0 Å². The van der Waals surface area contributed by atoms with Gasteiger partial charge in [0.05, 0.1) is 18.1 Å². The number of hydrogen-bond donors (Lipinski definition) is 2. The zero-order valence-electron chi connectivity index (χ0n) is 14.5. The fourth-order valence-electron chi connectivity index (χ4n) is 3.01. The molecule has 0 saturated carbocycles. The Labute approximate surface area is 161 Å². The lowest BCUT2D eigenvalue weighted by atomic mass is 9.78.